The summed E-state index contributed by atoms with van der Waals surface area (Å²) < 4.78 is 0. The number of nitrogens with zero attached hydrogens (tertiary/aromatic N) is 2. The van der Waals surface area contributed by atoms with Gasteiger partial charge in [0.15, 0.2) is 0 Å². The second-order valence-electron chi connectivity index (χ2n) is 6.13. The summed E-state index contributed by atoms with van der Waals surface area (Å²) in [6.07, 6.45) is 20.4. The molecule has 2 heteroatoms. The Hall–Kier alpha value is -0.920. The molecule has 0 N–H and O–H groups in total. The van der Waals surface area contributed by atoms with Crippen LogP contribution >= 0.6 is 0 Å². The van der Waals surface area contributed by atoms with Crippen LogP contribution in [0.3, 0.4) is 0 Å². The first-order valence-corrected chi connectivity index (χ1v) is 9.42. The fourth-order valence-electron chi connectivity index (χ4n) is 2.77. The summed E-state index contributed by atoms with van der Waals surface area (Å²) in [4.78, 5) is 9.04. The van der Waals surface area contributed by atoms with Crippen molar-refractivity contribution in [2.75, 3.05) is 7.05 Å². The van der Waals surface area contributed by atoms with Gasteiger partial charge in [0, 0.05) is 19.2 Å². The number of hydrogen-bond donors (Lipinski definition) is 0. The van der Waals surface area contributed by atoms with E-state index >= 15 is 0 Å². The molecule has 0 aliphatic rings. The van der Waals surface area contributed by atoms with E-state index in [0.29, 0.717) is 5.92 Å². The quantitative estimate of drug-likeness (QED) is 0.208. The first-order valence-electron chi connectivity index (χ1n) is 9.42. The Morgan fingerprint density at radius 2 is 1.41 bits per heavy atom. The molecule has 0 heterocycles. The molecule has 0 aromatic rings. The Morgan fingerprint density at radius 3 is 1.91 bits per heavy atom. The van der Waals surface area contributed by atoms with E-state index < -0.39 is 0 Å². The summed E-state index contributed by atoms with van der Waals surface area (Å²) in [5, 5.41) is 0. The molecule has 0 aromatic heterocycles. The van der Waals surface area contributed by atoms with Crippen LogP contribution in [0.2, 0.25) is 0 Å². The molecule has 0 bridgehead atoms. The van der Waals surface area contributed by atoms with Crippen LogP contribution in [0, 0.1) is 5.92 Å². The average Bonchev–Trinajstić information content (AvgIpc) is 2.54. The molecule has 128 valence electrons. The largest absolute Gasteiger partial charge is 0.274 e. The summed E-state index contributed by atoms with van der Waals surface area (Å²) in [5.41, 5.74) is 0. The zero-order valence-corrected chi connectivity index (χ0v) is 15.5. The van der Waals surface area contributed by atoms with Gasteiger partial charge in [0.1, 0.15) is 5.84 Å². The highest BCUT2D eigenvalue weighted by atomic mass is 14.9. The lowest BCUT2D eigenvalue weighted by atomic mass is 9.93. The fourth-order valence-corrected chi connectivity index (χ4v) is 2.77. The van der Waals surface area contributed by atoms with Gasteiger partial charge in [0.2, 0.25) is 0 Å². The Bertz CT molecular complexity index is 316. The summed E-state index contributed by atoms with van der Waals surface area (Å²) in [6, 6.07) is 0. The highest BCUT2D eigenvalue weighted by molar-refractivity contribution is 5.93. The second-order valence-corrected chi connectivity index (χ2v) is 6.13. The number of hydrogen-bond acceptors (Lipinski definition) is 1. The molecular weight excluding hydrogens is 268 g/mol. The maximum atomic E-state index is 4.58. The molecule has 0 fully saturated rings. The first kappa shape index (κ1) is 21.1. The number of rotatable bonds is 13. The third-order valence-electron chi connectivity index (χ3n) is 4.14. The van der Waals surface area contributed by atoms with Gasteiger partial charge < -0.3 is 0 Å². The molecule has 0 rings (SSSR count). The summed E-state index contributed by atoms with van der Waals surface area (Å²) in [6.45, 7) is 6.56. The smallest absolute Gasteiger partial charge is 0.126 e. The minimum atomic E-state index is 0.546. The molecule has 1 atom stereocenters. The predicted octanol–water partition coefficient (Wildman–Crippen LogP) is 6.61. The number of unbranched alkanes of at least 4 members (excludes halogenated alkanes) is 7. The Kier molecular flexibility index (Phi) is 15.8. The maximum Gasteiger partial charge on any atom is 0.126 e. The lowest BCUT2D eigenvalue weighted by Crippen LogP contribution is -2.13. The van der Waals surface area contributed by atoms with Gasteiger partial charge in [-0.2, -0.15) is 0 Å². The van der Waals surface area contributed by atoms with E-state index in [-0.39, 0.29) is 0 Å². The minimum absolute atomic E-state index is 0.546. The lowest BCUT2D eigenvalue weighted by Gasteiger charge is -2.16. The van der Waals surface area contributed by atoms with Crippen LogP contribution in [0.25, 0.3) is 0 Å². The van der Waals surface area contributed by atoms with E-state index in [9.17, 15) is 0 Å². The van der Waals surface area contributed by atoms with Gasteiger partial charge in [-0.25, -0.2) is 4.99 Å². The van der Waals surface area contributed by atoms with Gasteiger partial charge in [-0.05, 0) is 25.8 Å². The molecule has 0 saturated carbocycles. The molecule has 0 spiro atoms. The number of amidine groups is 1. The van der Waals surface area contributed by atoms with E-state index in [0.717, 1.165) is 5.84 Å². The van der Waals surface area contributed by atoms with Crippen LogP contribution in [0.4, 0.5) is 0 Å². The summed E-state index contributed by atoms with van der Waals surface area (Å²) >= 11 is 0. The first-order chi connectivity index (χ1) is 10.8. The second kappa shape index (κ2) is 16.5. The van der Waals surface area contributed by atoms with Crippen molar-refractivity contribution < 1.29 is 0 Å². The zero-order chi connectivity index (χ0) is 16.5. The van der Waals surface area contributed by atoms with Crippen molar-refractivity contribution in [2.45, 2.75) is 91.4 Å². The molecule has 0 radical (unpaired) electrons. The SMILES string of the molecule is C\C=C/C=N\C(=N/C)C(CCCCCC)CCCCCCC. The van der Waals surface area contributed by atoms with Crippen molar-refractivity contribution in [2.24, 2.45) is 15.9 Å². The van der Waals surface area contributed by atoms with Gasteiger partial charge in [0.25, 0.3) is 0 Å². The third kappa shape index (κ3) is 11.7. The minimum Gasteiger partial charge on any atom is -0.274 e. The van der Waals surface area contributed by atoms with Crippen molar-refractivity contribution in [3.05, 3.63) is 12.2 Å². The van der Waals surface area contributed by atoms with Crippen molar-refractivity contribution in [3.63, 3.8) is 0 Å². The van der Waals surface area contributed by atoms with Crippen LogP contribution < -0.4 is 0 Å². The Balaban J connectivity index is 4.40. The molecule has 0 aliphatic heterocycles. The van der Waals surface area contributed by atoms with Crippen LogP contribution in [-0.2, 0) is 0 Å². The fraction of sp³-hybridized carbons (Fsp3) is 0.800. The molecule has 0 aromatic carbocycles. The van der Waals surface area contributed by atoms with Crippen molar-refractivity contribution in [3.8, 4) is 0 Å². The van der Waals surface area contributed by atoms with Gasteiger partial charge in [-0.3, -0.25) is 4.99 Å². The van der Waals surface area contributed by atoms with Crippen LogP contribution in [0.1, 0.15) is 91.4 Å². The van der Waals surface area contributed by atoms with Gasteiger partial charge in [0.05, 0.1) is 0 Å². The summed E-state index contributed by atoms with van der Waals surface area (Å²) in [5.74, 6) is 1.59. The molecular formula is C20H38N2. The number of allylic oxidation sites excluding steroid dienone is 2. The van der Waals surface area contributed by atoms with E-state index in [1.807, 2.05) is 32.3 Å². The third-order valence-corrected chi connectivity index (χ3v) is 4.14. The lowest BCUT2D eigenvalue weighted by molar-refractivity contribution is 0.488. The maximum absolute atomic E-state index is 4.58. The van der Waals surface area contributed by atoms with E-state index in [4.69, 9.17) is 0 Å². The monoisotopic (exact) mass is 306 g/mol. The Morgan fingerprint density at radius 1 is 0.864 bits per heavy atom. The zero-order valence-electron chi connectivity index (χ0n) is 15.5. The topological polar surface area (TPSA) is 24.7 Å². The van der Waals surface area contributed by atoms with E-state index in [2.05, 4.69) is 23.8 Å². The molecule has 22 heavy (non-hydrogen) atoms. The van der Waals surface area contributed by atoms with Crippen molar-refractivity contribution in [1.29, 1.82) is 0 Å². The Labute approximate surface area is 139 Å². The van der Waals surface area contributed by atoms with Crippen molar-refractivity contribution in [1.82, 2.24) is 0 Å². The molecule has 1 unspecified atom stereocenters. The normalized spacial score (nSPS) is 14.3. The molecule has 0 aliphatic carbocycles. The molecule has 0 saturated heterocycles. The standard InChI is InChI=1S/C20H38N2/c1-5-8-11-13-15-17-19(16-14-12-9-6-2)20(21-4)22-18-10-7-3/h7,10,18-19H,5-6,8-9,11-17H2,1-4H3/b10-7-,21-20-,22-18-. The van der Waals surface area contributed by atoms with Gasteiger partial charge in [-0.15, -0.1) is 0 Å². The van der Waals surface area contributed by atoms with Gasteiger partial charge >= 0.3 is 0 Å². The highest BCUT2D eigenvalue weighted by Gasteiger charge is 2.14. The highest BCUT2D eigenvalue weighted by Crippen LogP contribution is 2.21. The number of aliphatic imine (C=N–C) groups is 2. The van der Waals surface area contributed by atoms with Crippen molar-refractivity contribution >= 4 is 12.1 Å². The van der Waals surface area contributed by atoms with Crippen LogP contribution in [0.15, 0.2) is 22.1 Å². The summed E-state index contributed by atoms with van der Waals surface area (Å²) in [7, 11) is 1.89. The van der Waals surface area contributed by atoms with Crippen LogP contribution in [0.5, 0.6) is 0 Å². The van der Waals surface area contributed by atoms with Gasteiger partial charge in [-0.1, -0.05) is 77.7 Å². The molecule has 2 nitrogen and oxygen atoms in total. The molecule has 0 amide bonds. The average molecular weight is 307 g/mol. The van der Waals surface area contributed by atoms with Crippen LogP contribution in [-0.4, -0.2) is 19.1 Å². The van der Waals surface area contributed by atoms with E-state index in [1.54, 1.807) is 0 Å². The van der Waals surface area contributed by atoms with E-state index in [1.165, 1.54) is 70.6 Å². The predicted molar refractivity (Wildman–Crippen MR) is 102 cm³/mol.